The first-order valence-corrected chi connectivity index (χ1v) is 6.90. The van der Waals surface area contributed by atoms with Crippen LogP contribution < -0.4 is 4.74 Å². The van der Waals surface area contributed by atoms with Crippen LogP contribution in [0.15, 0.2) is 42.9 Å². The van der Waals surface area contributed by atoms with Gasteiger partial charge >= 0.3 is 0 Å². The van der Waals surface area contributed by atoms with Crippen molar-refractivity contribution in [3.63, 3.8) is 0 Å². The Kier molecular flexibility index (Phi) is 2.50. The predicted molar refractivity (Wildman–Crippen MR) is 73.9 cm³/mol. The summed E-state index contributed by atoms with van der Waals surface area (Å²) in [5, 5.41) is 1.00. The lowest BCUT2D eigenvalue weighted by molar-refractivity contribution is 0.230. The monoisotopic (exact) mass is 252 g/mol. The molecule has 0 spiro atoms. The van der Waals surface area contributed by atoms with Crippen molar-refractivity contribution in [1.29, 1.82) is 0 Å². The third-order valence-corrected chi connectivity index (χ3v) is 4.38. The molecule has 2 aliphatic rings. The molecule has 1 fully saturated rings. The van der Waals surface area contributed by atoms with E-state index in [0.29, 0.717) is 5.92 Å². The molecular weight excluding hydrogens is 236 g/mol. The van der Waals surface area contributed by atoms with Crippen molar-refractivity contribution < 1.29 is 4.74 Å². The number of fused-ring (bicyclic) bond motifs is 3. The molecule has 0 radical (unpaired) electrons. The summed E-state index contributed by atoms with van der Waals surface area (Å²) in [6, 6.07) is 5.99. The van der Waals surface area contributed by atoms with E-state index in [1.165, 1.54) is 12.8 Å². The maximum absolute atomic E-state index is 6.04. The highest BCUT2D eigenvalue weighted by atomic mass is 16.5. The Hall–Kier alpha value is -1.90. The number of hydrogen-bond donors (Lipinski definition) is 0. The highest BCUT2D eigenvalue weighted by Crippen LogP contribution is 2.43. The van der Waals surface area contributed by atoms with Crippen molar-refractivity contribution in [3.05, 3.63) is 42.9 Å². The minimum atomic E-state index is 0.676. The van der Waals surface area contributed by atoms with Gasteiger partial charge in [0.05, 0.1) is 17.5 Å². The Morgan fingerprint density at radius 3 is 3.05 bits per heavy atom. The summed E-state index contributed by atoms with van der Waals surface area (Å²) in [5.74, 6) is 3.12. The van der Waals surface area contributed by atoms with Crippen molar-refractivity contribution in [3.8, 4) is 5.75 Å². The number of rotatable bonds is 3. The molecular formula is C16H16N2O. The lowest BCUT2D eigenvalue weighted by Crippen LogP contribution is -2.16. The molecule has 3 atom stereocenters. The van der Waals surface area contributed by atoms with Gasteiger partial charge in [0.25, 0.3) is 0 Å². The SMILES string of the molecule is C1=CC2CC1CC2COc1cccc2ncncc12. The minimum absolute atomic E-state index is 0.676. The zero-order valence-electron chi connectivity index (χ0n) is 10.7. The van der Waals surface area contributed by atoms with E-state index < -0.39 is 0 Å². The van der Waals surface area contributed by atoms with Crippen LogP contribution in [0.2, 0.25) is 0 Å². The molecule has 3 unspecified atom stereocenters. The second-order valence-corrected chi connectivity index (χ2v) is 5.56. The summed E-state index contributed by atoms with van der Waals surface area (Å²) < 4.78 is 6.04. The molecule has 2 bridgehead atoms. The maximum Gasteiger partial charge on any atom is 0.130 e. The maximum atomic E-state index is 6.04. The van der Waals surface area contributed by atoms with Crippen LogP contribution in [0.25, 0.3) is 10.9 Å². The van der Waals surface area contributed by atoms with Crippen LogP contribution in [0.4, 0.5) is 0 Å². The molecule has 2 aromatic rings. The van der Waals surface area contributed by atoms with Crippen LogP contribution in [0.1, 0.15) is 12.8 Å². The van der Waals surface area contributed by atoms with Gasteiger partial charge in [-0.05, 0) is 42.7 Å². The van der Waals surface area contributed by atoms with Crippen molar-refractivity contribution in [2.24, 2.45) is 17.8 Å². The highest BCUT2D eigenvalue weighted by Gasteiger charge is 2.35. The van der Waals surface area contributed by atoms with Gasteiger partial charge in [-0.2, -0.15) is 0 Å². The van der Waals surface area contributed by atoms with Gasteiger partial charge in [-0.3, -0.25) is 0 Å². The van der Waals surface area contributed by atoms with E-state index in [9.17, 15) is 0 Å². The first-order chi connectivity index (χ1) is 9.40. The predicted octanol–water partition coefficient (Wildman–Crippen LogP) is 3.22. The lowest BCUT2D eigenvalue weighted by atomic mass is 9.94. The normalized spacial score (nSPS) is 28.1. The van der Waals surface area contributed by atoms with Crippen molar-refractivity contribution >= 4 is 10.9 Å². The molecule has 1 aromatic carbocycles. The largest absolute Gasteiger partial charge is 0.493 e. The van der Waals surface area contributed by atoms with Crippen LogP contribution in [0.5, 0.6) is 5.75 Å². The Bertz CT molecular complexity index is 632. The number of allylic oxidation sites excluding steroid dienone is 2. The standard InChI is InChI=1S/C16H16N2O/c1-2-15-14(8-17-10-18-15)16(3-1)19-9-13-7-11-4-5-12(13)6-11/h1-5,8,10-13H,6-7,9H2. The van der Waals surface area contributed by atoms with E-state index >= 15 is 0 Å². The molecule has 3 heteroatoms. The van der Waals surface area contributed by atoms with Crippen LogP contribution in [-0.2, 0) is 0 Å². The van der Waals surface area contributed by atoms with Crippen LogP contribution in [0.3, 0.4) is 0 Å². The summed E-state index contributed by atoms with van der Waals surface area (Å²) in [7, 11) is 0. The van der Waals surface area contributed by atoms with Crippen molar-refractivity contribution in [2.75, 3.05) is 6.61 Å². The Balaban J connectivity index is 1.54. The number of aromatic nitrogens is 2. The summed E-state index contributed by atoms with van der Waals surface area (Å²) in [5.41, 5.74) is 0.945. The Morgan fingerprint density at radius 2 is 2.21 bits per heavy atom. The fraction of sp³-hybridized carbons (Fsp3) is 0.375. The molecule has 1 saturated carbocycles. The second kappa shape index (κ2) is 4.34. The third kappa shape index (κ3) is 1.89. The van der Waals surface area contributed by atoms with Gasteiger partial charge in [0.15, 0.2) is 0 Å². The molecule has 2 aliphatic carbocycles. The highest BCUT2D eigenvalue weighted by molar-refractivity contribution is 5.83. The number of nitrogens with zero attached hydrogens (tertiary/aromatic N) is 2. The number of ether oxygens (including phenoxy) is 1. The average molecular weight is 252 g/mol. The fourth-order valence-corrected chi connectivity index (χ4v) is 3.39. The van der Waals surface area contributed by atoms with E-state index in [2.05, 4.69) is 22.1 Å². The van der Waals surface area contributed by atoms with Gasteiger partial charge in [0.1, 0.15) is 12.1 Å². The lowest BCUT2D eigenvalue weighted by Gasteiger charge is -2.19. The van der Waals surface area contributed by atoms with Gasteiger partial charge in [0.2, 0.25) is 0 Å². The molecule has 96 valence electrons. The molecule has 1 heterocycles. The molecule has 0 amide bonds. The summed E-state index contributed by atoms with van der Waals surface area (Å²) in [6.07, 6.45) is 10.8. The first kappa shape index (κ1) is 11.0. The molecule has 3 nitrogen and oxygen atoms in total. The van der Waals surface area contributed by atoms with Crippen LogP contribution in [0, 0.1) is 17.8 Å². The van der Waals surface area contributed by atoms with E-state index in [4.69, 9.17) is 4.74 Å². The fourth-order valence-electron chi connectivity index (χ4n) is 3.39. The molecule has 19 heavy (non-hydrogen) atoms. The van der Waals surface area contributed by atoms with Gasteiger partial charge in [-0.15, -0.1) is 0 Å². The van der Waals surface area contributed by atoms with Crippen LogP contribution in [-0.4, -0.2) is 16.6 Å². The van der Waals surface area contributed by atoms with Gasteiger partial charge in [0, 0.05) is 6.20 Å². The quantitative estimate of drug-likeness (QED) is 0.787. The van der Waals surface area contributed by atoms with Gasteiger partial charge < -0.3 is 4.74 Å². The van der Waals surface area contributed by atoms with E-state index in [1.807, 2.05) is 24.4 Å². The topological polar surface area (TPSA) is 35.0 Å². The Morgan fingerprint density at radius 1 is 1.21 bits per heavy atom. The summed E-state index contributed by atoms with van der Waals surface area (Å²) >= 11 is 0. The zero-order chi connectivity index (χ0) is 12.7. The van der Waals surface area contributed by atoms with Crippen molar-refractivity contribution in [1.82, 2.24) is 9.97 Å². The zero-order valence-corrected chi connectivity index (χ0v) is 10.7. The molecule has 0 aliphatic heterocycles. The first-order valence-electron chi connectivity index (χ1n) is 6.90. The van der Waals surface area contributed by atoms with E-state index in [-0.39, 0.29) is 0 Å². The summed E-state index contributed by atoms with van der Waals surface area (Å²) in [4.78, 5) is 8.35. The Labute approximate surface area is 112 Å². The van der Waals surface area contributed by atoms with E-state index in [1.54, 1.807) is 6.33 Å². The third-order valence-electron chi connectivity index (χ3n) is 4.38. The number of hydrogen-bond acceptors (Lipinski definition) is 3. The average Bonchev–Trinajstić information content (AvgIpc) is 3.07. The number of benzene rings is 1. The van der Waals surface area contributed by atoms with E-state index in [0.717, 1.165) is 35.1 Å². The van der Waals surface area contributed by atoms with Crippen molar-refractivity contribution in [2.45, 2.75) is 12.8 Å². The molecule has 0 saturated heterocycles. The second-order valence-electron chi connectivity index (χ2n) is 5.56. The molecule has 1 aromatic heterocycles. The minimum Gasteiger partial charge on any atom is -0.493 e. The van der Waals surface area contributed by atoms with Gasteiger partial charge in [-0.1, -0.05) is 18.2 Å². The summed E-state index contributed by atoms with van der Waals surface area (Å²) in [6.45, 7) is 0.805. The van der Waals surface area contributed by atoms with Gasteiger partial charge in [-0.25, -0.2) is 9.97 Å². The molecule has 0 N–H and O–H groups in total. The molecule has 4 rings (SSSR count). The smallest absolute Gasteiger partial charge is 0.130 e. The van der Waals surface area contributed by atoms with Crippen LogP contribution >= 0.6 is 0 Å².